The monoisotopic (exact) mass is 930 g/mol. The van der Waals surface area contributed by atoms with Crippen molar-refractivity contribution in [3.05, 3.63) is 225 Å². The summed E-state index contributed by atoms with van der Waals surface area (Å²) in [7, 11) is 2.86. The first kappa shape index (κ1) is 47.8. The van der Waals surface area contributed by atoms with Gasteiger partial charge < -0.3 is 29.6 Å². The smallest absolute Gasteiger partial charge is 0.338 e. The molecule has 356 valence electrons. The summed E-state index contributed by atoms with van der Waals surface area (Å²) in [6.45, 7) is 9.75. The number of hydrogen-bond donors (Lipinski definition) is 2. The maximum absolute atomic E-state index is 12.3. The average molecular weight is 931 g/mol. The molecule has 0 radical (unpaired) electrons. The number of aryl methyl sites for hydroxylation is 2. The summed E-state index contributed by atoms with van der Waals surface area (Å²) in [5.74, 6) is 1.51. The van der Waals surface area contributed by atoms with Crippen molar-refractivity contribution in [1.29, 1.82) is 0 Å². The minimum absolute atomic E-state index is 0.00945. The van der Waals surface area contributed by atoms with Crippen molar-refractivity contribution in [3.63, 3.8) is 0 Å². The number of methoxy groups -OCH3 is 2. The van der Waals surface area contributed by atoms with E-state index in [-0.39, 0.29) is 48.1 Å². The van der Waals surface area contributed by atoms with Crippen LogP contribution in [0.5, 0.6) is 11.5 Å². The third-order valence-corrected chi connectivity index (χ3v) is 14.2. The molecule has 0 fully saturated rings. The number of carbonyl (C=O) groups excluding carboxylic acids is 2. The Morgan fingerprint density at radius 3 is 1.33 bits per heavy atom. The molecule has 70 heavy (non-hydrogen) atoms. The van der Waals surface area contributed by atoms with E-state index in [0.717, 1.165) is 70.8 Å². The molecular weight excluding hydrogens is 869 g/mol. The summed E-state index contributed by atoms with van der Waals surface area (Å²) in [6.07, 6.45) is 1.68. The molecule has 8 aromatic carbocycles. The van der Waals surface area contributed by atoms with Gasteiger partial charge in [-0.3, -0.25) is 0 Å². The second-order valence-corrected chi connectivity index (χ2v) is 18.7. The Bertz CT molecular complexity index is 2920. The van der Waals surface area contributed by atoms with Crippen LogP contribution in [0, 0.1) is 13.8 Å². The van der Waals surface area contributed by atoms with Crippen molar-refractivity contribution in [1.82, 2.24) is 10.6 Å². The highest BCUT2D eigenvalue weighted by atomic mass is 16.5. The van der Waals surface area contributed by atoms with Gasteiger partial charge >= 0.3 is 11.9 Å². The van der Waals surface area contributed by atoms with E-state index in [9.17, 15) is 9.59 Å². The zero-order valence-electron chi connectivity index (χ0n) is 40.9. The van der Waals surface area contributed by atoms with Crippen LogP contribution >= 0.6 is 0 Å². The third kappa shape index (κ3) is 10.3. The Labute approximate surface area is 412 Å². The number of ether oxygens (including phenoxy) is 4. The van der Waals surface area contributed by atoms with E-state index in [0.29, 0.717) is 11.1 Å². The second kappa shape index (κ2) is 21.6. The van der Waals surface area contributed by atoms with Gasteiger partial charge in [0.05, 0.1) is 25.3 Å². The highest BCUT2D eigenvalue weighted by Crippen LogP contribution is 2.42. The number of para-hydroxylation sites is 2. The van der Waals surface area contributed by atoms with Crippen molar-refractivity contribution in [2.24, 2.45) is 0 Å². The molecule has 2 heterocycles. The molecule has 0 bridgehead atoms. The zero-order chi connectivity index (χ0) is 48.7. The molecule has 0 spiro atoms. The zero-order valence-corrected chi connectivity index (χ0v) is 40.9. The summed E-state index contributed by atoms with van der Waals surface area (Å²) in [6, 6.07) is 59.0. The van der Waals surface area contributed by atoms with E-state index >= 15 is 0 Å². The number of hydrogen-bond acceptors (Lipinski definition) is 8. The maximum Gasteiger partial charge on any atom is 0.338 e. The number of nitrogens with one attached hydrogen (secondary N) is 2. The van der Waals surface area contributed by atoms with E-state index in [4.69, 9.17) is 18.9 Å². The van der Waals surface area contributed by atoms with Crippen molar-refractivity contribution < 1.29 is 28.5 Å². The Balaban J connectivity index is 0.000000174. The van der Waals surface area contributed by atoms with Crippen LogP contribution in [0.2, 0.25) is 0 Å². The molecule has 0 amide bonds. The maximum atomic E-state index is 12.3. The molecule has 8 heteroatoms. The van der Waals surface area contributed by atoms with Gasteiger partial charge in [0.1, 0.15) is 23.7 Å². The van der Waals surface area contributed by atoms with Crippen molar-refractivity contribution in [2.75, 3.05) is 27.3 Å². The number of carbonyl (C=O) groups is 2. The first-order valence-electron chi connectivity index (χ1n) is 24.4. The molecule has 2 aliphatic heterocycles. The Morgan fingerprint density at radius 2 is 0.900 bits per heavy atom. The van der Waals surface area contributed by atoms with Gasteiger partial charge in [-0.2, -0.15) is 0 Å². The molecular formula is C62H62N2O6. The van der Waals surface area contributed by atoms with Gasteiger partial charge in [-0.25, -0.2) is 9.59 Å². The van der Waals surface area contributed by atoms with E-state index in [1.54, 1.807) is 0 Å². The molecule has 2 N–H and O–H groups in total. The summed E-state index contributed by atoms with van der Waals surface area (Å²) in [5.41, 5.74) is 10.2. The molecule has 0 saturated carbocycles. The normalized spacial score (nSPS) is 17.9. The standard InChI is InChI=1S/2C31H31NO3/c2*1-20-15-16-23(17-28(20)31(33)34-3)29-18-24(35-30-14-7-6-12-27(29)30)19-32-21(2)25-13-8-10-22-9-4-5-11-26(22)25/h2*4-17,21,24,29,32H,18-19H2,1-3H3/t21-,24-,29+;21-,24-,29-/m11/s1. The number of esters is 2. The van der Waals surface area contributed by atoms with Gasteiger partial charge in [-0.1, -0.05) is 146 Å². The second-order valence-electron chi connectivity index (χ2n) is 18.7. The average Bonchev–Trinajstić information content (AvgIpc) is 3.40. The van der Waals surface area contributed by atoms with Gasteiger partial charge in [-0.05, 0) is 120 Å². The number of rotatable bonds is 12. The summed E-state index contributed by atoms with van der Waals surface area (Å²) < 4.78 is 22.9. The topological polar surface area (TPSA) is 95.1 Å². The van der Waals surface area contributed by atoms with Crippen LogP contribution in [0.15, 0.2) is 170 Å². The highest BCUT2D eigenvalue weighted by molar-refractivity contribution is 5.92. The summed E-state index contributed by atoms with van der Waals surface area (Å²) >= 11 is 0. The predicted octanol–water partition coefficient (Wildman–Crippen LogP) is 13.1. The Kier molecular flexibility index (Phi) is 14.7. The quantitative estimate of drug-likeness (QED) is 0.117. The van der Waals surface area contributed by atoms with Crippen LogP contribution in [0.3, 0.4) is 0 Å². The summed E-state index contributed by atoms with van der Waals surface area (Å²) in [5, 5.41) is 12.5. The first-order chi connectivity index (χ1) is 34.1. The van der Waals surface area contributed by atoms with Gasteiger partial charge in [-0.15, -0.1) is 0 Å². The minimum Gasteiger partial charge on any atom is -0.489 e. The van der Waals surface area contributed by atoms with Gasteiger partial charge in [0.25, 0.3) is 0 Å². The molecule has 8 nitrogen and oxygen atoms in total. The number of fused-ring (bicyclic) bond motifs is 4. The van der Waals surface area contributed by atoms with E-state index in [1.165, 1.54) is 46.9 Å². The SMILES string of the molecule is COC(=O)c1cc([C@@H]2C[C@H](CN[C@H](C)c3cccc4ccccc34)Oc3ccccc32)ccc1C.COC(=O)c1cc([C@H]2C[C@H](CN[C@H](C)c3cccc4ccccc34)Oc3ccccc32)ccc1C. The van der Waals surface area contributed by atoms with E-state index < -0.39 is 0 Å². The van der Waals surface area contributed by atoms with E-state index in [2.05, 4.69) is 134 Å². The third-order valence-electron chi connectivity index (χ3n) is 14.2. The Morgan fingerprint density at radius 1 is 0.514 bits per heavy atom. The van der Waals surface area contributed by atoms with Crippen molar-refractivity contribution in [2.45, 2.75) is 76.7 Å². The van der Waals surface area contributed by atoms with Gasteiger partial charge in [0.15, 0.2) is 0 Å². The molecule has 0 unspecified atom stereocenters. The lowest BCUT2D eigenvalue weighted by molar-refractivity contribution is 0.0590. The van der Waals surface area contributed by atoms with Gasteiger partial charge in [0.2, 0.25) is 0 Å². The predicted molar refractivity (Wildman–Crippen MR) is 280 cm³/mol. The Hall–Kier alpha value is -7.26. The lowest BCUT2D eigenvalue weighted by atomic mass is 9.83. The summed E-state index contributed by atoms with van der Waals surface area (Å²) in [4.78, 5) is 24.7. The molecule has 6 atom stereocenters. The molecule has 10 rings (SSSR count). The fraction of sp³-hybridized carbons (Fsp3) is 0.258. The molecule has 0 aliphatic carbocycles. The fourth-order valence-electron chi connectivity index (χ4n) is 10.3. The lowest BCUT2D eigenvalue weighted by Crippen LogP contribution is -2.37. The number of benzene rings is 8. The van der Waals surface area contributed by atoms with Crippen LogP contribution in [0.4, 0.5) is 0 Å². The largest absolute Gasteiger partial charge is 0.489 e. The van der Waals surface area contributed by atoms with Crippen LogP contribution in [-0.2, 0) is 9.47 Å². The van der Waals surface area contributed by atoms with Crippen LogP contribution < -0.4 is 20.1 Å². The van der Waals surface area contributed by atoms with Gasteiger partial charge in [0, 0.05) is 48.1 Å². The van der Waals surface area contributed by atoms with Crippen molar-refractivity contribution in [3.8, 4) is 11.5 Å². The fourth-order valence-corrected chi connectivity index (χ4v) is 10.3. The highest BCUT2D eigenvalue weighted by Gasteiger charge is 2.32. The molecule has 0 saturated heterocycles. The molecule has 8 aromatic rings. The minimum atomic E-state index is -0.299. The van der Waals surface area contributed by atoms with Crippen molar-refractivity contribution >= 4 is 33.5 Å². The molecule has 0 aromatic heterocycles. The molecule has 2 aliphatic rings. The van der Waals surface area contributed by atoms with E-state index in [1.807, 2.05) is 74.5 Å². The van der Waals surface area contributed by atoms with Crippen LogP contribution in [0.1, 0.15) is 116 Å². The van der Waals surface area contributed by atoms with Crippen LogP contribution in [-0.4, -0.2) is 51.5 Å². The van der Waals surface area contributed by atoms with Crippen LogP contribution in [0.25, 0.3) is 21.5 Å². The first-order valence-corrected chi connectivity index (χ1v) is 24.4. The lowest BCUT2D eigenvalue weighted by Gasteiger charge is -2.33.